The summed E-state index contributed by atoms with van der Waals surface area (Å²) in [5.41, 5.74) is 0. The number of rotatable bonds is 13. The van der Waals surface area contributed by atoms with Gasteiger partial charge in [-0.1, -0.05) is 13.8 Å². The molecular weight excluding hydrogens is 240 g/mol. The maximum absolute atomic E-state index is 5.48. The van der Waals surface area contributed by atoms with Crippen molar-refractivity contribution < 1.29 is 9.47 Å². The third-order valence-electron chi connectivity index (χ3n) is 3.57. The van der Waals surface area contributed by atoms with Crippen LogP contribution in [0.3, 0.4) is 0 Å². The largest absolute Gasteiger partial charge is 0.380 e. The number of hydrogen-bond donors (Lipinski definition) is 1. The fraction of sp³-hybridized carbons (Fsp3) is 1.00. The second-order valence-electron chi connectivity index (χ2n) is 4.96. The number of nitrogens with one attached hydrogen (secondary N) is 1. The standard InChI is InChI=1S/C15H34N2O2/c1-6-16-13-14(4)15(5)17(9-11-18-7-2)10-12-19-8-3/h14-16H,6-13H2,1-5H3. The number of hydrogen-bond acceptors (Lipinski definition) is 4. The Morgan fingerprint density at radius 1 is 0.947 bits per heavy atom. The fourth-order valence-electron chi connectivity index (χ4n) is 2.07. The van der Waals surface area contributed by atoms with Gasteiger partial charge in [0.15, 0.2) is 0 Å². The van der Waals surface area contributed by atoms with Crippen LogP contribution in [0.4, 0.5) is 0 Å². The lowest BCUT2D eigenvalue weighted by atomic mass is 10.0. The summed E-state index contributed by atoms with van der Waals surface area (Å²) < 4.78 is 11.0. The van der Waals surface area contributed by atoms with E-state index in [1.807, 2.05) is 13.8 Å². The maximum atomic E-state index is 5.48. The van der Waals surface area contributed by atoms with Crippen molar-refractivity contribution in [3.63, 3.8) is 0 Å². The van der Waals surface area contributed by atoms with Crippen LogP contribution in [0.1, 0.15) is 34.6 Å². The van der Waals surface area contributed by atoms with Crippen LogP contribution >= 0.6 is 0 Å². The van der Waals surface area contributed by atoms with Crippen molar-refractivity contribution >= 4 is 0 Å². The van der Waals surface area contributed by atoms with E-state index in [2.05, 4.69) is 31.0 Å². The minimum Gasteiger partial charge on any atom is -0.380 e. The van der Waals surface area contributed by atoms with Gasteiger partial charge in [-0.3, -0.25) is 4.90 Å². The topological polar surface area (TPSA) is 33.7 Å². The Hall–Kier alpha value is -0.160. The zero-order valence-electron chi connectivity index (χ0n) is 13.6. The molecule has 0 aromatic rings. The summed E-state index contributed by atoms with van der Waals surface area (Å²) in [7, 11) is 0. The van der Waals surface area contributed by atoms with Crippen LogP contribution in [0.5, 0.6) is 0 Å². The summed E-state index contributed by atoms with van der Waals surface area (Å²) in [6, 6.07) is 0.542. The van der Waals surface area contributed by atoms with Gasteiger partial charge in [-0.05, 0) is 39.8 Å². The molecule has 4 nitrogen and oxygen atoms in total. The Morgan fingerprint density at radius 2 is 1.47 bits per heavy atom. The van der Waals surface area contributed by atoms with E-state index in [9.17, 15) is 0 Å². The van der Waals surface area contributed by atoms with Crippen molar-refractivity contribution in [1.29, 1.82) is 0 Å². The molecule has 0 spiro atoms. The second kappa shape index (κ2) is 12.9. The summed E-state index contributed by atoms with van der Waals surface area (Å²) in [6.45, 7) is 18.1. The molecule has 2 atom stereocenters. The first kappa shape index (κ1) is 18.8. The van der Waals surface area contributed by atoms with Crippen LogP contribution in [0, 0.1) is 5.92 Å². The average molecular weight is 274 g/mol. The summed E-state index contributed by atoms with van der Waals surface area (Å²) in [5.74, 6) is 0.628. The Morgan fingerprint density at radius 3 is 1.89 bits per heavy atom. The van der Waals surface area contributed by atoms with Crippen LogP contribution in [-0.4, -0.2) is 63.5 Å². The van der Waals surface area contributed by atoms with E-state index in [4.69, 9.17) is 9.47 Å². The van der Waals surface area contributed by atoms with Gasteiger partial charge in [0.1, 0.15) is 0 Å². The summed E-state index contributed by atoms with van der Waals surface area (Å²) in [5, 5.41) is 3.43. The van der Waals surface area contributed by atoms with Gasteiger partial charge >= 0.3 is 0 Å². The molecule has 0 amide bonds. The monoisotopic (exact) mass is 274 g/mol. The lowest BCUT2D eigenvalue weighted by Crippen LogP contribution is -2.44. The molecule has 19 heavy (non-hydrogen) atoms. The van der Waals surface area contributed by atoms with Crippen molar-refractivity contribution in [2.24, 2.45) is 5.92 Å². The van der Waals surface area contributed by atoms with Gasteiger partial charge in [0.2, 0.25) is 0 Å². The Labute approximate surface area is 119 Å². The molecule has 116 valence electrons. The van der Waals surface area contributed by atoms with E-state index in [0.29, 0.717) is 12.0 Å². The van der Waals surface area contributed by atoms with E-state index in [0.717, 1.165) is 52.6 Å². The highest BCUT2D eigenvalue weighted by molar-refractivity contribution is 4.74. The first-order chi connectivity index (χ1) is 9.17. The molecular formula is C15H34N2O2. The predicted molar refractivity (Wildman–Crippen MR) is 81.7 cm³/mol. The molecule has 0 aliphatic heterocycles. The van der Waals surface area contributed by atoms with Crippen LogP contribution in [0.25, 0.3) is 0 Å². The molecule has 1 N–H and O–H groups in total. The number of ether oxygens (including phenoxy) is 2. The Bertz CT molecular complexity index is 181. The van der Waals surface area contributed by atoms with Gasteiger partial charge in [0.05, 0.1) is 13.2 Å². The van der Waals surface area contributed by atoms with Crippen molar-refractivity contribution in [2.75, 3.05) is 52.6 Å². The summed E-state index contributed by atoms with van der Waals surface area (Å²) in [6.07, 6.45) is 0. The molecule has 0 bridgehead atoms. The Kier molecular flexibility index (Phi) is 12.7. The molecule has 0 aromatic heterocycles. The van der Waals surface area contributed by atoms with Crippen molar-refractivity contribution in [3.05, 3.63) is 0 Å². The lowest BCUT2D eigenvalue weighted by Gasteiger charge is -2.33. The molecule has 2 unspecified atom stereocenters. The molecule has 0 radical (unpaired) electrons. The van der Waals surface area contributed by atoms with E-state index in [-0.39, 0.29) is 0 Å². The highest BCUT2D eigenvalue weighted by atomic mass is 16.5. The first-order valence-corrected chi connectivity index (χ1v) is 7.77. The van der Waals surface area contributed by atoms with Gasteiger partial charge in [-0.2, -0.15) is 0 Å². The van der Waals surface area contributed by atoms with Gasteiger partial charge in [-0.15, -0.1) is 0 Å². The van der Waals surface area contributed by atoms with Gasteiger partial charge in [0.25, 0.3) is 0 Å². The van der Waals surface area contributed by atoms with Gasteiger partial charge in [-0.25, -0.2) is 0 Å². The Balaban J connectivity index is 4.17. The molecule has 0 saturated heterocycles. The molecule has 0 aromatic carbocycles. The van der Waals surface area contributed by atoms with Crippen molar-refractivity contribution in [3.8, 4) is 0 Å². The highest BCUT2D eigenvalue weighted by Gasteiger charge is 2.19. The van der Waals surface area contributed by atoms with E-state index in [1.165, 1.54) is 0 Å². The predicted octanol–water partition coefficient (Wildman–Crippen LogP) is 2.00. The normalized spacial score (nSPS) is 14.8. The molecule has 0 heterocycles. The third-order valence-corrected chi connectivity index (χ3v) is 3.57. The van der Waals surface area contributed by atoms with Gasteiger partial charge in [0, 0.05) is 32.3 Å². The van der Waals surface area contributed by atoms with Crippen molar-refractivity contribution in [2.45, 2.75) is 40.7 Å². The lowest BCUT2D eigenvalue weighted by molar-refractivity contribution is 0.0539. The molecule has 0 fully saturated rings. The highest BCUT2D eigenvalue weighted by Crippen LogP contribution is 2.10. The average Bonchev–Trinajstić information content (AvgIpc) is 2.42. The van der Waals surface area contributed by atoms with E-state index < -0.39 is 0 Å². The minimum atomic E-state index is 0.542. The summed E-state index contributed by atoms with van der Waals surface area (Å²) in [4.78, 5) is 2.48. The fourth-order valence-corrected chi connectivity index (χ4v) is 2.07. The zero-order valence-corrected chi connectivity index (χ0v) is 13.6. The van der Waals surface area contributed by atoms with Crippen LogP contribution < -0.4 is 5.32 Å². The maximum Gasteiger partial charge on any atom is 0.0593 e. The van der Waals surface area contributed by atoms with Crippen LogP contribution in [-0.2, 0) is 9.47 Å². The first-order valence-electron chi connectivity index (χ1n) is 7.77. The van der Waals surface area contributed by atoms with E-state index >= 15 is 0 Å². The zero-order chi connectivity index (χ0) is 14.5. The smallest absolute Gasteiger partial charge is 0.0593 e. The molecule has 0 aliphatic carbocycles. The summed E-state index contributed by atoms with van der Waals surface area (Å²) >= 11 is 0. The van der Waals surface area contributed by atoms with Gasteiger partial charge < -0.3 is 14.8 Å². The molecule has 0 aliphatic rings. The third kappa shape index (κ3) is 9.38. The van der Waals surface area contributed by atoms with E-state index in [1.54, 1.807) is 0 Å². The second-order valence-corrected chi connectivity index (χ2v) is 4.96. The molecule has 0 saturated carbocycles. The van der Waals surface area contributed by atoms with Crippen LogP contribution in [0.2, 0.25) is 0 Å². The molecule has 4 heteroatoms. The van der Waals surface area contributed by atoms with Crippen LogP contribution in [0.15, 0.2) is 0 Å². The SMILES string of the molecule is CCNCC(C)C(C)N(CCOCC)CCOCC. The quantitative estimate of drug-likeness (QED) is 0.521. The number of nitrogens with zero attached hydrogens (tertiary/aromatic N) is 1. The minimum absolute atomic E-state index is 0.542. The molecule has 0 rings (SSSR count). The van der Waals surface area contributed by atoms with Crippen molar-refractivity contribution in [1.82, 2.24) is 10.2 Å².